The monoisotopic (exact) mass is 369 g/mol. The van der Waals surface area contributed by atoms with Gasteiger partial charge in [-0.25, -0.2) is 9.97 Å². The van der Waals surface area contributed by atoms with Crippen molar-refractivity contribution in [2.24, 2.45) is 0 Å². The van der Waals surface area contributed by atoms with Crippen LogP contribution in [0.2, 0.25) is 0 Å². The lowest BCUT2D eigenvalue weighted by Gasteiger charge is -2.44. The number of β-amino-alcohol motifs (C(OH)–C–C–N with tert-alkyl or cyclic N) is 1. The summed E-state index contributed by atoms with van der Waals surface area (Å²) in [6.07, 6.45) is 5.06. The quantitative estimate of drug-likeness (QED) is 0.874. The molecule has 1 atom stereocenters. The minimum atomic E-state index is -0.785. The highest BCUT2D eigenvalue weighted by Crippen LogP contribution is 2.25. The van der Waals surface area contributed by atoms with Crippen LogP contribution in [-0.2, 0) is 4.79 Å². The molecule has 0 radical (unpaired) electrons. The van der Waals surface area contributed by atoms with E-state index in [0.29, 0.717) is 13.1 Å². The third-order valence-corrected chi connectivity index (χ3v) is 5.74. The van der Waals surface area contributed by atoms with Crippen LogP contribution in [0.15, 0.2) is 30.7 Å². The second-order valence-electron chi connectivity index (χ2n) is 7.80. The molecule has 1 aromatic heterocycles. The van der Waals surface area contributed by atoms with Crippen molar-refractivity contribution in [3.8, 4) is 0 Å². The van der Waals surface area contributed by atoms with E-state index in [4.69, 9.17) is 0 Å². The van der Waals surface area contributed by atoms with Gasteiger partial charge in [-0.15, -0.1) is 0 Å². The molecule has 0 saturated carbocycles. The molecule has 7 heteroatoms. The van der Waals surface area contributed by atoms with Crippen LogP contribution in [0.25, 0.3) is 10.9 Å². The van der Waals surface area contributed by atoms with Gasteiger partial charge in [0.2, 0.25) is 5.91 Å². The molecule has 4 rings (SSSR count). The largest absolute Gasteiger partial charge is 0.387 e. The molecular formula is C20H27N5O2. The van der Waals surface area contributed by atoms with Gasteiger partial charge in [0.1, 0.15) is 6.33 Å². The fraction of sp³-hybridized carbons (Fsp3) is 0.550. The number of aliphatic hydroxyl groups is 1. The van der Waals surface area contributed by atoms with Gasteiger partial charge in [-0.2, -0.15) is 0 Å². The van der Waals surface area contributed by atoms with Crippen LogP contribution in [-0.4, -0.2) is 82.2 Å². The van der Waals surface area contributed by atoms with E-state index in [1.165, 1.54) is 5.69 Å². The second-order valence-corrected chi connectivity index (χ2v) is 7.80. The Bertz CT molecular complexity index is 821. The number of hydrogen-bond acceptors (Lipinski definition) is 6. The number of aromatic nitrogens is 2. The Balaban J connectivity index is 1.36. The highest BCUT2D eigenvalue weighted by atomic mass is 16.3. The fourth-order valence-electron chi connectivity index (χ4n) is 4.26. The number of rotatable bonds is 3. The van der Waals surface area contributed by atoms with Gasteiger partial charge in [-0.1, -0.05) is 0 Å². The SMILES string of the molecule is CC(=O)N1CCCC(O)(CN2CCN(c3ccc4ncncc4c3)CC2)C1. The molecule has 1 N–H and O–H groups in total. The third-order valence-electron chi connectivity index (χ3n) is 5.74. The topological polar surface area (TPSA) is 72.8 Å². The van der Waals surface area contributed by atoms with E-state index in [0.717, 1.165) is 56.5 Å². The van der Waals surface area contributed by atoms with E-state index in [1.54, 1.807) is 18.2 Å². The van der Waals surface area contributed by atoms with Gasteiger partial charge in [-0.05, 0) is 31.0 Å². The summed E-state index contributed by atoms with van der Waals surface area (Å²) in [5.74, 6) is 0.0539. The number of hydrogen-bond donors (Lipinski definition) is 1. The first-order valence-corrected chi connectivity index (χ1v) is 9.67. The molecule has 1 aromatic carbocycles. The molecule has 3 heterocycles. The molecule has 0 aliphatic carbocycles. The molecule has 0 spiro atoms. The Morgan fingerprint density at radius 2 is 2.04 bits per heavy atom. The predicted molar refractivity (Wildman–Crippen MR) is 105 cm³/mol. The Morgan fingerprint density at radius 1 is 1.22 bits per heavy atom. The van der Waals surface area contributed by atoms with E-state index >= 15 is 0 Å². The molecule has 0 bridgehead atoms. The van der Waals surface area contributed by atoms with Crippen molar-refractivity contribution in [3.63, 3.8) is 0 Å². The van der Waals surface area contributed by atoms with Gasteiger partial charge in [0, 0.05) is 63.5 Å². The predicted octanol–water partition coefficient (Wildman–Crippen LogP) is 1.13. The first-order chi connectivity index (χ1) is 13.0. The number of anilines is 1. The number of nitrogens with zero attached hydrogens (tertiary/aromatic N) is 5. The zero-order chi connectivity index (χ0) is 18.9. The van der Waals surface area contributed by atoms with E-state index in [-0.39, 0.29) is 5.91 Å². The smallest absolute Gasteiger partial charge is 0.219 e. The Hall–Kier alpha value is -2.25. The zero-order valence-corrected chi connectivity index (χ0v) is 15.8. The number of benzene rings is 1. The lowest BCUT2D eigenvalue weighted by Crippen LogP contribution is -2.58. The summed E-state index contributed by atoms with van der Waals surface area (Å²) in [6.45, 7) is 7.09. The maximum atomic E-state index is 11.7. The number of likely N-dealkylation sites (tertiary alicyclic amines) is 1. The summed E-state index contributed by atoms with van der Waals surface area (Å²) in [4.78, 5) is 26.5. The molecule has 2 saturated heterocycles. The third kappa shape index (κ3) is 4.04. The van der Waals surface area contributed by atoms with Crippen molar-refractivity contribution in [3.05, 3.63) is 30.7 Å². The summed E-state index contributed by atoms with van der Waals surface area (Å²) in [6, 6.07) is 6.30. The van der Waals surface area contributed by atoms with Crippen LogP contribution in [0, 0.1) is 0 Å². The normalized spacial score (nSPS) is 24.4. The van der Waals surface area contributed by atoms with Crippen LogP contribution in [0.1, 0.15) is 19.8 Å². The van der Waals surface area contributed by atoms with Gasteiger partial charge in [0.05, 0.1) is 17.7 Å². The van der Waals surface area contributed by atoms with Crippen LogP contribution in [0.4, 0.5) is 5.69 Å². The Kier molecular flexibility index (Phi) is 4.97. The van der Waals surface area contributed by atoms with E-state index < -0.39 is 5.60 Å². The molecule has 2 aliphatic heterocycles. The van der Waals surface area contributed by atoms with Gasteiger partial charge >= 0.3 is 0 Å². The molecular weight excluding hydrogens is 342 g/mol. The summed E-state index contributed by atoms with van der Waals surface area (Å²) < 4.78 is 0. The van der Waals surface area contributed by atoms with E-state index in [9.17, 15) is 9.90 Å². The Morgan fingerprint density at radius 3 is 2.81 bits per heavy atom. The number of amides is 1. The molecule has 1 unspecified atom stereocenters. The van der Waals surface area contributed by atoms with Crippen molar-refractivity contribution in [1.29, 1.82) is 0 Å². The summed E-state index contributed by atoms with van der Waals surface area (Å²) in [5.41, 5.74) is 1.37. The summed E-state index contributed by atoms with van der Waals surface area (Å²) >= 11 is 0. The molecule has 2 fully saturated rings. The molecule has 27 heavy (non-hydrogen) atoms. The summed E-state index contributed by atoms with van der Waals surface area (Å²) in [7, 11) is 0. The molecule has 2 aliphatic rings. The number of piperazine rings is 1. The second kappa shape index (κ2) is 7.40. The molecule has 2 aromatic rings. The van der Waals surface area contributed by atoms with Crippen LogP contribution < -0.4 is 4.90 Å². The number of fused-ring (bicyclic) bond motifs is 1. The first kappa shape index (κ1) is 18.1. The van der Waals surface area contributed by atoms with Crippen LogP contribution in [0.3, 0.4) is 0 Å². The fourth-order valence-corrected chi connectivity index (χ4v) is 4.26. The zero-order valence-electron chi connectivity index (χ0n) is 15.8. The number of piperidine rings is 1. The standard InChI is InChI=1S/C20H27N5O2/c1-16(26)25-6-2-5-20(27,14-25)13-23-7-9-24(10-8-23)18-3-4-19-17(11-18)12-21-15-22-19/h3-4,11-12,15,27H,2,5-10,13-14H2,1H3. The highest BCUT2D eigenvalue weighted by Gasteiger charge is 2.36. The maximum Gasteiger partial charge on any atom is 0.219 e. The van der Waals surface area contributed by atoms with Gasteiger partial charge in [0.25, 0.3) is 0 Å². The average Bonchev–Trinajstić information content (AvgIpc) is 2.68. The first-order valence-electron chi connectivity index (χ1n) is 9.67. The lowest BCUT2D eigenvalue weighted by atomic mass is 9.92. The van der Waals surface area contributed by atoms with Crippen molar-refractivity contribution in [2.45, 2.75) is 25.4 Å². The van der Waals surface area contributed by atoms with Crippen molar-refractivity contribution >= 4 is 22.5 Å². The molecule has 144 valence electrons. The van der Waals surface area contributed by atoms with Crippen molar-refractivity contribution in [2.75, 3.05) is 50.7 Å². The van der Waals surface area contributed by atoms with Gasteiger partial charge < -0.3 is 14.9 Å². The van der Waals surface area contributed by atoms with Crippen molar-refractivity contribution in [1.82, 2.24) is 19.8 Å². The minimum Gasteiger partial charge on any atom is -0.387 e. The highest BCUT2D eigenvalue weighted by molar-refractivity contribution is 5.81. The van der Waals surface area contributed by atoms with Gasteiger partial charge in [-0.3, -0.25) is 9.69 Å². The van der Waals surface area contributed by atoms with Gasteiger partial charge in [0.15, 0.2) is 0 Å². The molecule has 1 amide bonds. The van der Waals surface area contributed by atoms with E-state index in [1.807, 2.05) is 12.3 Å². The number of carbonyl (C=O) groups is 1. The molecule has 7 nitrogen and oxygen atoms in total. The number of carbonyl (C=O) groups excluding carboxylic acids is 1. The maximum absolute atomic E-state index is 11.7. The Labute approximate surface area is 159 Å². The summed E-state index contributed by atoms with van der Waals surface area (Å²) in [5, 5.41) is 12.0. The van der Waals surface area contributed by atoms with Crippen LogP contribution >= 0.6 is 0 Å². The van der Waals surface area contributed by atoms with Crippen molar-refractivity contribution < 1.29 is 9.90 Å². The van der Waals surface area contributed by atoms with E-state index in [2.05, 4.69) is 31.9 Å². The lowest BCUT2D eigenvalue weighted by molar-refractivity contribution is -0.137. The van der Waals surface area contributed by atoms with Crippen LogP contribution in [0.5, 0.6) is 0 Å². The average molecular weight is 369 g/mol. The minimum absolute atomic E-state index is 0.0539.